The second kappa shape index (κ2) is 6.83. The molecule has 7 heteroatoms. The molecule has 0 spiro atoms. The Morgan fingerprint density at radius 3 is 2.64 bits per heavy atom. The maximum Gasteiger partial charge on any atom is 0.321 e. The molecule has 1 unspecified atom stereocenters. The summed E-state index contributed by atoms with van der Waals surface area (Å²) in [5, 5.41) is 4.91. The van der Waals surface area contributed by atoms with E-state index in [1.54, 1.807) is 18.9 Å². The lowest BCUT2D eigenvalue weighted by atomic mass is 10.1. The Kier molecular flexibility index (Phi) is 5.07. The Bertz CT molecular complexity index is 576. The third-order valence-corrected chi connectivity index (χ3v) is 3.62. The van der Waals surface area contributed by atoms with Gasteiger partial charge in [-0.25, -0.2) is 13.6 Å². The van der Waals surface area contributed by atoms with Gasteiger partial charge in [-0.1, -0.05) is 6.07 Å². The highest BCUT2D eigenvalue weighted by Crippen LogP contribution is 2.18. The maximum absolute atomic E-state index is 13.6. The van der Waals surface area contributed by atoms with E-state index in [1.165, 1.54) is 12.1 Å². The van der Waals surface area contributed by atoms with Crippen molar-refractivity contribution in [1.82, 2.24) is 15.5 Å². The van der Waals surface area contributed by atoms with Crippen molar-refractivity contribution < 1.29 is 18.4 Å². The summed E-state index contributed by atoms with van der Waals surface area (Å²) >= 11 is 0. The molecule has 2 rings (SSSR count). The first-order valence-corrected chi connectivity index (χ1v) is 7.12. The van der Waals surface area contributed by atoms with Crippen LogP contribution >= 0.6 is 0 Å². The molecule has 120 valence electrons. The Hall–Kier alpha value is -2.02. The van der Waals surface area contributed by atoms with Crippen LogP contribution in [-0.4, -0.2) is 36.0 Å². The maximum atomic E-state index is 13.6. The van der Waals surface area contributed by atoms with Gasteiger partial charge >= 0.3 is 6.03 Å². The number of urea groups is 1. The number of rotatable bonds is 5. The van der Waals surface area contributed by atoms with Gasteiger partial charge in [0.25, 0.3) is 0 Å². The lowest BCUT2D eigenvalue weighted by Crippen LogP contribution is -2.48. The fourth-order valence-electron chi connectivity index (χ4n) is 1.92. The lowest BCUT2D eigenvalue weighted by Gasteiger charge is -2.23. The van der Waals surface area contributed by atoms with Crippen molar-refractivity contribution in [2.75, 3.05) is 7.05 Å². The van der Waals surface area contributed by atoms with Crippen LogP contribution in [0, 0.1) is 11.6 Å². The minimum Gasteiger partial charge on any atom is -0.335 e. The SMILES string of the molecule is CC(C(=O)NC(=O)NC1CC1)N(C)Cc1ccc(F)cc1F. The van der Waals surface area contributed by atoms with Gasteiger partial charge in [-0.05, 0) is 32.9 Å². The number of carbonyl (C=O) groups is 2. The molecule has 1 fully saturated rings. The molecule has 5 nitrogen and oxygen atoms in total. The van der Waals surface area contributed by atoms with E-state index in [2.05, 4.69) is 10.6 Å². The van der Waals surface area contributed by atoms with Crippen molar-refractivity contribution in [3.8, 4) is 0 Å². The molecule has 1 atom stereocenters. The van der Waals surface area contributed by atoms with E-state index < -0.39 is 29.6 Å². The summed E-state index contributed by atoms with van der Waals surface area (Å²) in [6.45, 7) is 1.74. The summed E-state index contributed by atoms with van der Waals surface area (Å²) in [5.74, 6) is -1.78. The zero-order chi connectivity index (χ0) is 16.3. The summed E-state index contributed by atoms with van der Waals surface area (Å²) < 4.78 is 26.5. The van der Waals surface area contributed by atoms with E-state index in [9.17, 15) is 18.4 Å². The summed E-state index contributed by atoms with van der Waals surface area (Å²) in [7, 11) is 1.63. The van der Waals surface area contributed by atoms with Crippen molar-refractivity contribution >= 4 is 11.9 Å². The molecule has 0 radical (unpaired) electrons. The van der Waals surface area contributed by atoms with Gasteiger partial charge < -0.3 is 5.32 Å². The first kappa shape index (κ1) is 16.4. The van der Waals surface area contributed by atoms with Crippen molar-refractivity contribution in [2.45, 2.75) is 38.4 Å². The number of amides is 3. The molecule has 22 heavy (non-hydrogen) atoms. The number of nitrogens with zero attached hydrogens (tertiary/aromatic N) is 1. The number of likely N-dealkylation sites (N-methyl/N-ethyl adjacent to an activating group) is 1. The van der Waals surface area contributed by atoms with Crippen LogP contribution in [-0.2, 0) is 11.3 Å². The lowest BCUT2D eigenvalue weighted by molar-refractivity contribution is -0.124. The van der Waals surface area contributed by atoms with E-state index in [-0.39, 0.29) is 18.2 Å². The Morgan fingerprint density at radius 2 is 2.05 bits per heavy atom. The second-order valence-corrected chi connectivity index (χ2v) is 5.56. The van der Waals surface area contributed by atoms with Gasteiger partial charge in [0.1, 0.15) is 11.6 Å². The standard InChI is InChI=1S/C15H19F2N3O2/c1-9(14(21)19-15(22)18-12-5-6-12)20(2)8-10-3-4-11(16)7-13(10)17/h3-4,7,9,12H,5-6,8H2,1-2H3,(H2,18,19,21,22). The third-order valence-electron chi connectivity index (χ3n) is 3.62. The second-order valence-electron chi connectivity index (χ2n) is 5.56. The fraction of sp³-hybridized carbons (Fsp3) is 0.467. The number of hydrogen-bond donors (Lipinski definition) is 2. The minimum atomic E-state index is -0.661. The highest BCUT2D eigenvalue weighted by Gasteiger charge is 2.26. The summed E-state index contributed by atoms with van der Waals surface area (Å²) in [6, 6.07) is 2.33. The zero-order valence-electron chi connectivity index (χ0n) is 12.5. The smallest absolute Gasteiger partial charge is 0.321 e. The molecule has 1 aromatic rings. The average Bonchev–Trinajstić information content (AvgIpc) is 3.24. The molecular formula is C15H19F2N3O2. The van der Waals surface area contributed by atoms with Crippen molar-refractivity contribution in [2.24, 2.45) is 0 Å². The molecule has 0 heterocycles. The van der Waals surface area contributed by atoms with Gasteiger partial charge in [-0.3, -0.25) is 15.0 Å². The van der Waals surface area contributed by atoms with E-state index >= 15 is 0 Å². The number of halogens is 2. The van der Waals surface area contributed by atoms with E-state index in [0.717, 1.165) is 18.9 Å². The molecule has 1 saturated carbocycles. The number of carbonyl (C=O) groups excluding carboxylic acids is 2. The van der Waals surface area contributed by atoms with Crippen LogP contribution in [0.15, 0.2) is 18.2 Å². The van der Waals surface area contributed by atoms with E-state index in [4.69, 9.17) is 0 Å². The van der Waals surface area contributed by atoms with E-state index in [0.29, 0.717) is 0 Å². The van der Waals surface area contributed by atoms with Crippen LogP contribution in [0.5, 0.6) is 0 Å². The normalized spacial score (nSPS) is 15.5. The summed E-state index contributed by atoms with van der Waals surface area (Å²) in [6.07, 6.45) is 1.86. The number of benzene rings is 1. The fourth-order valence-corrected chi connectivity index (χ4v) is 1.92. The van der Waals surface area contributed by atoms with E-state index in [1.807, 2.05) is 0 Å². The Balaban J connectivity index is 1.88. The van der Waals surface area contributed by atoms with Gasteiger partial charge in [0.05, 0.1) is 6.04 Å². The Morgan fingerprint density at radius 1 is 1.36 bits per heavy atom. The molecule has 2 N–H and O–H groups in total. The van der Waals surface area contributed by atoms with Crippen LogP contribution in [0.2, 0.25) is 0 Å². The summed E-state index contributed by atoms with van der Waals surface area (Å²) in [5.41, 5.74) is 0.283. The van der Waals surface area contributed by atoms with Crippen LogP contribution in [0.25, 0.3) is 0 Å². The average molecular weight is 311 g/mol. The van der Waals surface area contributed by atoms with Crippen LogP contribution in [0.1, 0.15) is 25.3 Å². The summed E-state index contributed by atoms with van der Waals surface area (Å²) in [4.78, 5) is 25.1. The molecule has 0 aliphatic heterocycles. The molecule has 1 aliphatic carbocycles. The van der Waals surface area contributed by atoms with Crippen LogP contribution in [0.4, 0.5) is 13.6 Å². The zero-order valence-corrected chi connectivity index (χ0v) is 12.5. The first-order chi connectivity index (χ1) is 10.4. The highest BCUT2D eigenvalue weighted by molar-refractivity contribution is 5.96. The molecule has 1 aromatic carbocycles. The van der Waals surface area contributed by atoms with Gasteiger partial charge in [0, 0.05) is 24.2 Å². The Labute approximate surface area is 127 Å². The highest BCUT2D eigenvalue weighted by atomic mass is 19.1. The van der Waals surface area contributed by atoms with Gasteiger partial charge in [-0.15, -0.1) is 0 Å². The third kappa shape index (κ3) is 4.49. The first-order valence-electron chi connectivity index (χ1n) is 7.12. The molecule has 3 amide bonds. The number of nitrogens with one attached hydrogen (secondary N) is 2. The van der Waals surface area contributed by atoms with Gasteiger partial charge in [0.2, 0.25) is 5.91 Å². The van der Waals surface area contributed by atoms with Crippen molar-refractivity contribution in [1.29, 1.82) is 0 Å². The molecular weight excluding hydrogens is 292 g/mol. The van der Waals surface area contributed by atoms with Crippen LogP contribution in [0.3, 0.4) is 0 Å². The molecule has 0 bridgehead atoms. The monoisotopic (exact) mass is 311 g/mol. The van der Waals surface area contributed by atoms with Gasteiger partial charge in [-0.2, -0.15) is 0 Å². The largest absolute Gasteiger partial charge is 0.335 e. The van der Waals surface area contributed by atoms with Gasteiger partial charge in [0.15, 0.2) is 0 Å². The van der Waals surface area contributed by atoms with Crippen LogP contribution < -0.4 is 10.6 Å². The number of imide groups is 1. The predicted octanol–water partition coefficient (Wildman–Crippen LogP) is 1.77. The molecule has 1 aliphatic rings. The quantitative estimate of drug-likeness (QED) is 0.871. The van der Waals surface area contributed by atoms with Crippen molar-refractivity contribution in [3.05, 3.63) is 35.4 Å². The topological polar surface area (TPSA) is 61.4 Å². The molecule has 0 saturated heterocycles. The minimum absolute atomic E-state index is 0.130. The predicted molar refractivity (Wildman–Crippen MR) is 77.0 cm³/mol. The molecule has 0 aromatic heterocycles. The van der Waals surface area contributed by atoms with Crippen molar-refractivity contribution in [3.63, 3.8) is 0 Å². The number of hydrogen-bond acceptors (Lipinski definition) is 3.